The topological polar surface area (TPSA) is 0 Å². The van der Waals surface area contributed by atoms with Crippen molar-refractivity contribution in [3.8, 4) is 55.6 Å². The molecule has 0 amide bonds. The average molecular weight is 713 g/mol. The molecule has 10 aromatic rings. The highest BCUT2D eigenvalue weighted by molar-refractivity contribution is 6.25. The first-order valence-corrected chi connectivity index (χ1v) is 20.0. The van der Waals surface area contributed by atoms with E-state index < -0.39 is 0 Å². The van der Waals surface area contributed by atoms with E-state index in [0.717, 1.165) is 0 Å². The smallest absolute Gasteiger partial charge is 0.0159 e. The van der Waals surface area contributed by atoms with E-state index in [1.54, 1.807) is 0 Å². The van der Waals surface area contributed by atoms with Crippen LogP contribution in [0.2, 0.25) is 0 Å². The Hall–Kier alpha value is -6.50. The lowest BCUT2D eigenvalue weighted by Gasteiger charge is -2.24. The molecule has 0 N–H and O–H groups in total. The molecule has 0 aromatic heterocycles. The van der Waals surface area contributed by atoms with Crippen molar-refractivity contribution in [1.29, 1.82) is 0 Å². The van der Waals surface area contributed by atoms with Crippen LogP contribution in [-0.2, 0) is 10.8 Å². The van der Waals surface area contributed by atoms with Gasteiger partial charge in [-0.1, -0.05) is 173 Å². The molecular weight excluding hydrogens is 673 g/mol. The summed E-state index contributed by atoms with van der Waals surface area (Å²) in [7, 11) is 0. The fraction of sp³-hybridized carbons (Fsp3) is 0.107. The molecule has 0 atom stereocenters. The van der Waals surface area contributed by atoms with E-state index in [1.165, 1.54) is 121 Å². The molecule has 0 saturated heterocycles. The summed E-state index contributed by atoms with van der Waals surface area (Å²) in [4.78, 5) is 0. The van der Waals surface area contributed by atoms with Crippen LogP contribution in [-0.4, -0.2) is 0 Å². The maximum atomic E-state index is 2.48. The molecule has 0 unspecified atom stereocenters. The zero-order valence-corrected chi connectivity index (χ0v) is 32.2. The molecule has 2 aliphatic rings. The Morgan fingerprint density at radius 2 is 0.661 bits per heavy atom. The Morgan fingerprint density at radius 3 is 1.25 bits per heavy atom. The van der Waals surface area contributed by atoms with Gasteiger partial charge in [0.2, 0.25) is 0 Å². The van der Waals surface area contributed by atoms with E-state index in [-0.39, 0.29) is 10.8 Å². The zero-order chi connectivity index (χ0) is 37.5. The predicted octanol–water partition coefficient (Wildman–Crippen LogP) is 15.4. The molecule has 0 nitrogen and oxygen atoms in total. The maximum Gasteiger partial charge on any atom is 0.0159 e. The monoisotopic (exact) mass is 712 g/mol. The van der Waals surface area contributed by atoms with E-state index in [2.05, 4.69) is 198 Å². The fourth-order valence-corrected chi connectivity index (χ4v) is 10.6. The second-order valence-corrected chi connectivity index (χ2v) is 17.3. The highest BCUT2D eigenvalue weighted by Gasteiger charge is 2.38. The highest BCUT2D eigenvalue weighted by Crippen LogP contribution is 2.53. The van der Waals surface area contributed by atoms with Gasteiger partial charge in [0.25, 0.3) is 0 Å². The van der Waals surface area contributed by atoms with Crippen molar-refractivity contribution < 1.29 is 0 Å². The van der Waals surface area contributed by atoms with Gasteiger partial charge in [0, 0.05) is 10.8 Å². The first kappa shape index (κ1) is 31.8. The molecule has 0 heteroatoms. The van der Waals surface area contributed by atoms with E-state index >= 15 is 0 Å². The van der Waals surface area contributed by atoms with E-state index in [0.29, 0.717) is 0 Å². The van der Waals surface area contributed by atoms with Gasteiger partial charge in [-0.3, -0.25) is 0 Å². The van der Waals surface area contributed by atoms with Crippen LogP contribution in [0, 0.1) is 0 Å². The molecule has 0 saturated carbocycles. The third kappa shape index (κ3) is 4.25. The van der Waals surface area contributed by atoms with Gasteiger partial charge >= 0.3 is 0 Å². The van der Waals surface area contributed by atoms with Gasteiger partial charge in [-0.05, 0) is 145 Å². The summed E-state index contributed by atoms with van der Waals surface area (Å²) >= 11 is 0. The number of hydrogen-bond acceptors (Lipinski definition) is 0. The Labute approximate surface area is 328 Å². The minimum atomic E-state index is -0.134. The van der Waals surface area contributed by atoms with Gasteiger partial charge in [-0.25, -0.2) is 0 Å². The lowest BCUT2D eigenvalue weighted by atomic mass is 9.79. The third-order valence-electron chi connectivity index (χ3n) is 13.6. The molecule has 0 radical (unpaired) electrons. The highest BCUT2D eigenvalue weighted by atomic mass is 14.4. The van der Waals surface area contributed by atoms with Crippen molar-refractivity contribution in [3.63, 3.8) is 0 Å². The molecular formula is C56H40. The first-order valence-electron chi connectivity index (χ1n) is 20.0. The normalized spacial score (nSPS) is 14.7. The van der Waals surface area contributed by atoms with Gasteiger partial charge in [-0.15, -0.1) is 0 Å². The Kier molecular flexibility index (Phi) is 6.28. The summed E-state index contributed by atoms with van der Waals surface area (Å²) in [5.74, 6) is 0. The molecule has 2 aliphatic carbocycles. The van der Waals surface area contributed by atoms with Gasteiger partial charge in [0.1, 0.15) is 0 Å². The van der Waals surface area contributed by atoms with Crippen molar-refractivity contribution in [2.75, 3.05) is 0 Å². The molecule has 0 spiro atoms. The molecule has 56 heavy (non-hydrogen) atoms. The van der Waals surface area contributed by atoms with Gasteiger partial charge < -0.3 is 0 Å². The van der Waals surface area contributed by atoms with Crippen LogP contribution >= 0.6 is 0 Å². The Balaban J connectivity index is 0.916. The SMILES string of the molecule is CC1(C)c2cc(-c3ccc4c(c3)C(C)(C)c3cc(-c5ccc6ccc7cccc8ccc5c6c78)ccc3-4)ccc2-c2ccc(-c3cccc4ccccc34)cc21. The van der Waals surface area contributed by atoms with E-state index in [9.17, 15) is 0 Å². The third-order valence-corrected chi connectivity index (χ3v) is 13.6. The molecule has 12 rings (SSSR count). The minimum Gasteiger partial charge on any atom is -0.0616 e. The Morgan fingerprint density at radius 1 is 0.268 bits per heavy atom. The molecule has 0 aliphatic heterocycles. The molecule has 0 bridgehead atoms. The van der Waals surface area contributed by atoms with Crippen molar-refractivity contribution >= 4 is 43.1 Å². The summed E-state index contributed by atoms with van der Waals surface area (Å²) in [5, 5.41) is 10.6. The number of rotatable bonds is 3. The lowest BCUT2D eigenvalue weighted by molar-refractivity contribution is 0.660. The van der Waals surface area contributed by atoms with Crippen molar-refractivity contribution in [2.45, 2.75) is 38.5 Å². The Bertz CT molecular complexity index is 3280. The van der Waals surface area contributed by atoms with Crippen molar-refractivity contribution in [1.82, 2.24) is 0 Å². The van der Waals surface area contributed by atoms with Crippen molar-refractivity contribution in [2.24, 2.45) is 0 Å². The van der Waals surface area contributed by atoms with Gasteiger partial charge in [0.05, 0.1) is 0 Å². The van der Waals surface area contributed by atoms with Crippen molar-refractivity contribution in [3.05, 3.63) is 192 Å². The molecule has 264 valence electrons. The van der Waals surface area contributed by atoms with Crippen LogP contribution in [0.15, 0.2) is 170 Å². The molecule has 10 aromatic carbocycles. The second kappa shape index (κ2) is 11.1. The van der Waals surface area contributed by atoms with Gasteiger partial charge in [-0.2, -0.15) is 0 Å². The summed E-state index contributed by atoms with van der Waals surface area (Å²) in [6.07, 6.45) is 0. The average Bonchev–Trinajstić information content (AvgIpc) is 3.60. The summed E-state index contributed by atoms with van der Waals surface area (Å²) < 4.78 is 0. The molecule has 0 fully saturated rings. The zero-order valence-electron chi connectivity index (χ0n) is 32.2. The van der Waals surface area contributed by atoms with Crippen LogP contribution in [0.1, 0.15) is 49.9 Å². The maximum absolute atomic E-state index is 2.48. The largest absolute Gasteiger partial charge is 0.0616 e. The second-order valence-electron chi connectivity index (χ2n) is 17.3. The first-order chi connectivity index (χ1) is 27.3. The van der Waals surface area contributed by atoms with E-state index in [4.69, 9.17) is 0 Å². The van der Waals surface area contributed by atoms with E-state index in [1.807, 2.05) is 0 Å². The summed E-state index contributed by atoms with van der Waals surface area (Å²) in [6.45, 7) is 9.61. The van der Waals surface area contributed by atoms with Crippen LogP contribution in [0.3, 0.4) is 0 Å². The van der Waals surface area contributed by atoms with Crippen LogP contribution < -0.4 is 0 Å². The van der Waals surface area contributed by atoms with Crippen LogP contribution in [0.5, 0.6) is 0 Å². The summed E-state index contributed by atoms with van der Waals surface area (Å²) in [5.41, 5.74) is 18.5. The minimum absolute atomic E-state index is 0.116. The van der Waals surface area contributed by atoms with Gasteiger partial charge in [0.15, 0.2) is 0 Å². The van der Waals surface area contributed by atoms with Crippen LogP contribution in [0.4, 0.5) is 0 Å². The lowest BCUT2D eigenvalue weighted by Crippen LogP contribution is -2.15. The quantitative estimate of drug-likeness (QED) is 0.160. The fourth-order valence-electron chi connectivity index (χ4n) is 10.6. The predicted molar refractivity (Wildman–Crippen MR) is 239 cm³/mol. The van der Waals surface area contributed by atoms with Crippen LogP contribution in [0.25, 0.3) is 98.7 Å². The number of fused-ring (bicyclic) bond motifs is 7. The summed E-state index contributed by atoms with van der Waals surface area (Å²) in [6, 6.07) is 64.5. The number of hydrogen-bond donors (Lipinski definition) is 0. The number of benzene rings is 10. The molecule has 0 heterocycles. The standard InChI is InChI=1S/C56H40/c1-55(2)49-29-37(19-24-44(49)46-26-21-39(31-51(46)55)42-14-8-10-33-9-5-6-13-41(33)42)38-20-25-45-47-27-22-40(32-52(47)56(3,4)50(45)30-38)43-23-17-36-16-15-34-11-7-12-35-18-28-48(43)54(36)53(34)35/h5-32H,1-4H3.